The molecule has 0 amide bonds. The molecule has 0 aliphatic rings. The fourth-order valence-electron chi connectivity index (χ4n) is 1.70. The van der Waals surface area contributed by atoms with Crippen LogP contribution in [0, 0.1) is 30.9 Å². The maximum atomic E-state index is 10.7. The van der Waals surface area contributed by atoms with Crippen LogP contribution < -0.4 is 0 Å². The zero-order valence-corrected chi connectivity index (χ0v) is 9.84. The fraction of sp³-hybridized carbons (Fsp3) is 0.273. The normalized spacial score (nSPS) is 10.5. The van der Waals surface area contributed by atoms with Crippen LogP contribution in [0.25, 0.3) is 5.82 Å². The maximum absolute atomic E-state index is 10.7. The van der Waals surface area contributed by atoms with Gasteiger partial charge in [-0.1, -0.05) is 0 Å². The number of nitro groups is 1. The second-order valence-corrected chi connectivity index (χ2v) is 3.93. The Morgan fingerprint density at radius 2 is 2.00 bits per heavy atom. The van der Waals surface area contributed by atoms with Crippen molar-refractivity contribution in [2.45, 2.75) is 20.8 Å². The number of pyridine rings is 1. The second-order valence-electron chi connectivity index (χ2n) is 3.93. The van der Waals surface area contributed by atoms with Gasteiger partial charge in [-0.15, -0.1) is 0 Å². The highest BCUT2D eigenvalue weighted by Crippen LogP contribution is 2.19. The summed E-state index contributed by atoms with van der Waals surface area (Å²) in [6, 6.07) is 3.59. The molecule has 0 aromatic carbocycles. The molecule has 0 radical (unpaired) electrons. The minimum atomic E-state index is -0.437. The summed E-state index contributed by atoms with van der Waals surface area (Å²) in [4.78, 5) is 14.3. The van der Waals surface area contributed by atoms with Crippen LogP contribution in [0.3, 0.4) is 0 Å². The Bertz CT molecular complexity index is 589. The van der Waals surface area contributed by atoms with E-state index in [9.17, 15) is 10.1 Å². The molecule has 0 N–H and O–H groups in total. The van der Waals surface area contributed by atoms with Crippen LogP contribution in [0.15, 0.2) is 18.3 Å². The molecule has 0 atom stereocenters. The first kappa shape index (κ1) is 11.3. The van der Waals surface area contributed by atoms with E-state index in [0.717, 1.165) is 11.4 Å². The van der Waals surface area contributed by atoms with Crippen molar-refractivity contribution < 1.29 is 4.92 Å². The van der Waals surface area contributed by atoms with Crippen molar-refractivity contribution in [3.05, 3.63) is 45.4 Å². The van der Waals surface area contributed by atoms with Crippen molar-refractivity contribution in [2.75, 3.05) is 0 Å². The van der Waals surface area contributed by atoms with Crippen LogP contribution in [0.5, 0.6) is 0 Å². The lowest BCUT2D eigenvalue weighted by atomic mass is 10.2. The average molecular weight is 232 g/mol. The van der Waals surface area contributed by atoms with Crippen LogP contribution in [0.4, 0.5) is 5.69 Å². The highest BCUT2D eigenvalue weighted by atomic mass is 16.6. The maximum Gasteiger partial charge on any atom is 0.290 e. The molecule has 2 rings (SSSR count). The molecule has 0 aliphatic carbocycles. The zero-order valence-electron chi connectivity index (χ0n) is 9.84. The molecule has 2 heterocycles. The minimum Gasteiger partial charge on any atom is -0.258 e. The lowest BCUT2D eigenvalue weighted by Crippen LogP contribution is -2.03. The summed E-state index contributed by atoms with van der Waals surface area (Å²) < 4.78 is 1.67. The monoisotopic (exact) mass is 232 g/mol. The number of nitrogens with zero attached hydrogens (tertiary/aromatic N) is 4. The first-order valence-corrected chi connectivity index (χ1v) is 5.13. The summed E-state index contributed by atoms with van der Waals surface area (Å²) in [7, 11) is 0. The fourth-order valence-corrected chi connectivity index (χ4v) is 1.70. The first-order valence-electron chi connectivity index (χ1n) is 5.13. The van der Waals surface area contributed by atoms with E-state index in [4.69, 9.17) is 0 Å². The van der Waals surface area contributed by atoms with Crippen LogP contribution in [0.2, 0.25) is 0 Å². The molecule has 0 aliphatic heterocycles. The summed E-state index contributed by atoms with van der Waals surface area (Å²) in [6.07, 6.45) is 1.26. The highest BCUT2D eigenvalue weighted by Gasteiger charge is 2.13. The van der Waals surface area contributed by atoms with Crippen molar-refractivity contribution in [3.63, 3.8) is 0 Å². The van der Waals surface area contributed by atoms with Crippen LogP contribution in [-0.2, 0) is 0 Å². The zero-order chi connectivity index (χ0) is 12.6. The van der Waals surface area contributed by atoms with Gasteiger partial charge in [0.2, 0.25) is 0 Å². The summed E-state index contributed by atoms with van der Waals surface area (Å²) in [6.45, 7) is 5.50. The molecule has 0 bridgehead atoms. The molecular weight excluding hydrogens is 220 g/mol. The van der Waals surface area contributed by atoms with Crippen LogP contribution in [0.1, 0.15) is 17.0 Å². The number of hydrogen-bond donors (Lipinski definition) is 0. The summed E-state index contributed by atoms with van der Waals surface area (Å²) in [5.41, 5.74) is 2.44. The highest BCUT2D eigenvalue weighted by molar-refractivity contribution is 5.42. The van der Waals surface area contributed by atoms with Gasteiger partial charge < -0.3 is 0 Å². The second kappa shape index (κ2) is 3.97. The molecule has 2 aromatic rings. The largest absolute Gasteiger partial charge is 0.290 e. The molecular formula is C11H12N4O2. The van der Waals surface area contributed by atoms with Gasteiger partial charge in [0.05, 0.1) is 10.6 Å². The Kier molecular flexibility index (Phi) is 2.63. The molecule has 0 saturated carbocycles. The van der Waals surface area contributed by atoms with E-state index in [0.29, 0.717) is 11.4 Å². The molecule has 17 heavy (non-hydrogen) atoms. The van der Waals surface area contributed by atoms with Gasteiger partial charge in [-0.05, 0) is 32.9 Å². The van der Waals surface area contributed by atoms with E-state index in [1.165, 1.54) is 6.20 Å². The Morgan fingerprint density at radius 1 is 1.29 bits per heavy atom. The average Bonchev–Trinajstić information content (AvgIpc) is 2.57. The van der Waals surface area contributed by atoms with Gasteiger partial charge in [-0.25, -0.2) is 9.67 Å². The van der Waals surface area contributed by atoms with Crippen molar-refractivity contribution in [3.8, 4) is 5.82 Å². The number of aromatic nitrogens is 3. The van der Waals surface area contributed by atoms with E-state index in [1.807, 2.05) is 19.9 Å². The van der Waals surface area contributed by atoms with Gasteiger partial charge >= 0.3 is 0 Å². The molecule has 6 nitrogen and oxygen atoms in total. The van der Waals surface area contributed by atoms with Gasteiger partial charge in [0.1, 0.15) is 6.20 Å². The summed E-state index contributed by atoms with van der Waals surface area (Å²) in [5, 5.41) is 15.0. The Balaban J connectivity index is 2.51. The van der Waals surface area contributed by atoms with E-state index in [-0.39, 0.29) is 5.69 Å². The van der Waals surface area contributed by atoms with Crippen LogP contribution >= 0.6 is 0 Å². The molecule has 0 fully saturated rings. The van der Waals surface area contributed by atoms with E-state index >= 15 is 0 Å². The van der Waals surface area contributed by atoms with E-state index < -0.39 is 4.92 Å². The predicted octanol–water partition coefficient (Wildman–Crippen LogP) is 2.10. The predicted molar refractivity (Wildman–Crippen MR) is 62.2 cm³/mol. The quantitative estimate of drug-likeness (QED) is 0.587. The number of hydrogen-bond acceptors (Lipinski definition) is 4. The van der Waals surface area contributed by atoms with Gasteiger partial charge in [-0.3, -0.25) is 10.1 Å². The SMILES string of the molecule is Cc1cc(C)n(-c2cc(C)c([N+](=O)[O-])cn2)n1. The lowest BCUT2D eigenvalue weighted by Gasteiger charge is -2.04. The summed E-state index contributed by atoms with van der Waals surface area (Å²) >= 11 is 0. The van der Waals surface area contributed by atoms with E-state index in [1.54, 1.807) is 17.7 Å². The molecule has 88 valence electrons. The molecule has 0 saturated heterocycles. The van der Waals surface area contributed by atoms with Crippen molar-refractivity contribution >= 4 is 5.69 Å². The van der Waals surface area contributed by atoms with Gasteiger partial charge in [0.15, 0.2) is 5.82 Å². The topological polar surface area (TPSA) is 73.8 Å². The molecule has 0 unspecified atom stereocenters. The number of aryl methyl sites for hydroxylation is 3. The van der Waals surface area contributed by atoms with Gasteiger partial charge in [0.25, 0.3) is 5.69 Å². The summed E-state index contributed by atoms with van der Waals surface area (Å²) in [5.74, 6) is 0.596. The molecule has 6 heteroatoms. The molecule has 2 aromatic heterocycles. The van der Waals surface area contributed by atoms with Crippen molar-refractivity contribution in [1.82, 2.24) is 14.8 Å². The lowest BCUT2D eigenvalue weighted by molar-refractivity contribution is -0.385. The first-order chi connectivity index (χ1) is 7.99. The van der Waals surface area contributed by atoms with Crippen molar-refractivity contribution in [2.24, 2.45) is 0 Å². The minimum absolute atomic E-state index is 0.0234. The Labute approximate surface area is 98.1 Å². The van der Waals surface area contributed by atoms with E-state index in [2.05, 4.69) is 10.1 Å². The third kappa shape index (κ3) is 2.01. The van der Waals surface area contributed by atoms with Gasteiger partial charge in [0, 0.05) is 11.3 Å². The standard InChI is InChI=1S/C11H12N4O2/c1-7-4-11(12-6-10(7)15(16)17)14-9(3)5-8(2)13-14/h4-6H,1-3H3. The van der Waals surface area contributed by atoms with Crippen LogP contribution in [-0.4, -0.2) is 19.7 Å². The third-order valence-electron chi connectivity index (χ3n) is 2.49. The number of rotatable bonds is 2. The third-order valence-corrected chi connectivity index (χ3v) is 2.49. The van der Waals surface area contributed by atoms with Gasteiger partial charge in [-0.2, -0.15) is 5.10 Å². The molecule has 0 spiro atoms. The Hall–Kier alpha value is -2.24. The smallest absolute Gasteiger partial charge is 0.258 e. The van der Waals surface area contributed by atoms with Crippen molar-refractivity contribution in [1.29, 1.82) is 0 Å². The Morgan fingerprint density at radius 3 is 2.47 bits per heavy atom.